The van der Waals surface area contributed by atoms with Crippen molar-refractivity contribution < 1.29 is 9.13 Å². The van der Waals surface area contributed by atoms with Gasteiger partial charge in [0.05, 0.1) is 7.11 Å². The summed E-state index contributed by atoms with van der Waals surface area (Å²) >= 11 is 0. The molecular formula is C16H22FNO. The SMILES string of the molecule is COc1cc(C(C)NC2CC3CCC2C3)ccc1F. The van der Waals surface area contributed by atoms with Gasteiger partial charge in [0.1, 0.15) is 0 Å². The molecular weight excluding hydrogens is 241 g/mol. The first-order valence-electron chi connectivity index (χ1n) is 7.27. The molecule has 0 saturated heterocycles. The Bertz CT molecular complexity index is 462. The Morgan fingerprint density at radius 3 is 2.79 bits per heavy atom. The second kappa shape index (κ2) is 5.12. The average Bonchev–Trinajstić information content (AvgIpc) is 3.01. The van der Waals surface area contributed by atoms with E-state index < -0.39 is 0 Å². The Balaban J connectivity index is 1.68. The summed E-state index contributed by atoms with van der Waals surface area (Å²) in [5.74, 6) is 1.84. The van der Waals surface area contributed by atoms with Gasteiger partial charge in [-0.1, -0.05) is 12.5 Å². The van der Waals surface area contributed by atoms with Crippen LogP contribution in [0.15, 0.2) is 18.2 Å². The summed E-state index contributed by atoms with van der Waals surface area (Å²) in [5.41, 5.74) is 1.10. The lowest BCUT2D eigenvalue weighted by Crippen LogP contribution is -2.35. The molecule has 3 heteroatoms. The average molecular weight is 263 g/mol. The van der Waals surface area contributed by atoms with Crippen LogP contribution in [0.5, 0.6) is 5.75 Å². The highest BCUT2D eigenvalue weighted by molar-refractivity contribution is 5.32. The second-order valence-corrected chi connectivity index (χ2v) is 6.06. The number of methoxy groups -OCH3 is 1. The fourth-order valence-corrected chi connectivity index (χ4v) is 3.81. The van der Waals surface area contributed by atoms with Crippen molar-refractivity contribution in [1.29, 1.82) is 0 Å². The van der Waals surface area contributed by atoms with Crippen molar-refractivity contribution in [1.82, 2.24) is 5.32 Å². The largest absolute Gasteiger partial charge is 0.494 e. The Morgan fingerprint density at radius 2 is 2.16 bits per heavy atom. The highest BCUT2D eigenvalue weighted by Crippen LogP contribution is 2.45. The van der Waals surface area contributed by atoms with Crippen LogP contribution in [0.25, 0.3) is 0 Å². The Labute approximate surface area is 114 Å². The summed E-state index contributed by atoms with van der Waals surface area (Å²) in [6, 6.07) is 6.04. The van der Waals surface area contributed by atoms with Gasteiger partial charge in [0.2, 0.25) is 0 Å². The van der Waals surface area contributed by atoms with Crippen LogP contribution < -0.4 is 10.1 Å². The normalized spacial score (nSPS) is 30.6. The van der Waals surface area contributed by atoms with E-state index in [0.29, 0.717) is 11.8 Å². The second-order valence-electron chi connectivity index (χ2n) is 6.06. The summed E-state index contributed by atoms with van der Waals surface area (Å²) in [4.78, 5) is 0. The molecule has 1 aromatic rings. The maximum Gasteiger partial charge on any atom is 0.165 e. The molecule has 1 N–H and O–H groups in total. The van der Waals surface area contributed by atoms with Crippen molar-refractivity contribution in [3.8, 4) is 5.75 Å². The summed E-state index contributed by atoms with van der Waals surface area (Å²) in [5, 5.41) is 3.72. The minimum Gasteiger partial charge on any atom is -0.494 e. The van der Waals surface area contributed by atoms with Gasteiger partial charge in [-0.2, -0.15) is 0 Å². The van der Waals surface area contributed by atoms with Crippen molar-refractivity contribution in [3.63, 3.8) is 0 Å². The van der Waals surface area contributed by atoms with Crippen molar-refractivity contribution >= 4 is 0 Å². The molecule has 1 aromatic carbocycles. The molecule has 4 unspecified atom stereocenters. The molecule has 104 valence electrons. The fourth-order valence-electron chi connectivity index (χ4n) is 3.81. The standard InChI is InChI=1S/C16H22FNO/c1-10(12-5-6-14(17)16(9-12)19-2)18-15-8-11-3-4-13(15)7-11/h5-6,9-11,13,15,18H,3-4,7-8H2,1-2H3. The van der Waals surface area contributed by atoms with E-state index in [4.69, 9.17) is 4.74 Å². The molecule has 2 saturated carbocycles. The highest BCUT2D eigenvalue weighted by atomic mass is 19.1. The van der Waals surface area contributed by atoms with Crippen LogP contribution >= 0.6 is 0 Å². The molecule has 2 nitrogen and oxygen atoms in total. The van der Waals surface area contributed by atoms with E-state index in [2.05, 4.69) is 12.2 Å². The van der Waals surface area contributed by atoms with E-state index in [0.717, 1.165) is 17.4 Å². The summed E-state index contributed by atoms with van der Waals surface area (Å²) in [6.07, 6.45) is 5.51. The first kappa shape index (κ1) is 12.9. The van der Waals surface area contributed by atoms with E-state index in [1.165, 1.54) is 38.9 Å². The van der Waals surface area contributed by atoms with Crippen LogP contribution in [0.1, 0.15) is 44.2 Å². The Kier molecular flexibility index (Phi) is 3.48. The molecule has 4 atom stereocenters. The molecule has 2 aliphatic carbocycles. The van der Waals surface area contributed by atoms with Crippen LogP contribution in [0.4, 0.5) is 4.39 Å². The monoisotopic (exact) mass is 263 g/mol. The third-order valence-electron chi connectivity index (χ3n) is 4.88. The Morgan fingerprint density at radius 1 is 1.32 bits per heavy atom. The van der Waals surface area contributed by atoms with Gasteiger partial charge in [0.25, 0.3) is 0 Å². The van der Waals surface area contributed by atoms with E-state index in [1.807, 2.05) is 6.07 Å². The lowest BCUT2D eigenvalue weighted by atomic mass is 9.94. The molecule has 0 radical (unpaired) electrons. The van der Waals surface area contributed by atoms with Gasteiger partial charge in [-0.05, 0) is 55.7 Å². The maximum atomic E-state index is 13.4. The maximum absolute atomic E-state index is 13.4. The number of hydrogen-bond acceptors (Lipinski definition) is 2. The Hall–Kier alpha value is -1.09. The molecule has 2 fully saturated rings. The van der Waals surface area contributed by atoms with Crippen molar-refractivity contribution in [2.24, 2.45) is 11.8 Å². The first-order valence-corrected chi connectivity index (χ1v) is 7.27. The minimum atomic E-state index is -0.293. The third kappa shape index (κ3) is 2.48. The number of benzene rings is 1. The molecule has 3 rings (SSSR count). The molecule has 0 aromatic heterocycles. The number of hydrogen-bond donors (Lipinski definition) is 1. The molecule has 0 heterocycles. The number of rotatable bonds is 4. The van der Waals surface area contributed by atoms with Crippen molar-refractivity contribution in [2.75, 3.05) is 7.11 Å². The number of nitrogens with one attached hydrogen (secondary N) is 1. The van der Waals surface area contributed by atoms with Crippen LogP contribution in [0, 0.1) is 17.7 Å². The van der Waals surface area contributed by atoms with E-state index in [-0.39, 0.29) is 11.9 Å². The van der Waals surface area contributed by atoms with Crippen LogP contribution in [-0.4, -0.2) is 13.2 Å². The zero-order chi connectivity index (χ0) is 13.4. The summed E-state index contributed by atoms with van der Waals surface area (Å²) < 4.78 is 18.5. The van der Waals surface area contributed by atoms with Gasteiger partial charge in [-0.15, -0.1) is 0 Å². The predicted octanol–water partition coefficient (Wildman–Crippen LogP) is 3.67. The summed E-state index contributed by atoms with van der Waals surface area (Å²) in [7, 11) is 1.51. The quantitative estimate of drug-likeness (QED) is 0.895. The first-order chi connectivity index (χ1) is 9.17. The lowest BCUT2D eigenvalue weighted by molar-refractivity contribution is 0.326. The van der Waals surface area contributed by atoms with Crippen molar-refractivity contribution in [3.05, 3.63) is 29.6 Å². The van der Waals surface area contributed by atoms with Gasteiger partial charge < -0.3 is 10.1 Å². The van der Waals surface area contributed by atoms with Gasteiger partial charge in [-0.25, -0.2) is 4.39 Å². The zero-order valence-corrected chi connectivity index (χ0v) is 11.7. The fraction of sp³-hybridized carbons (Fsp3) is 0.625. The highest BCUT2D eigenvalue weighted by Gasteiger charge is 2.39. The molecule has 19 heavy (non-hydrogen) atoms. The van der Waals surface area contributed by atoms with Gasteiger partial charge in [0.15, 0.2) is 11.6 Å². The lowest BCUT2D eigenvalue weighted by Gasteiger charge is -2.27. The van der Waals surface area contributed by atoms with Gasteiger partial charge in [-0.3, -0.25) is 0 Å². The van der Waals surface area contributed by atoms with E-state index >= 15 is 0 Å². The molecule has 0 amide bonds. The molecule has 2 aliphatic rings. The topological polar surface area (TPSA) is 21.3 Å². The predicted molar refractivity (Wildman–Crippen MR) is 73.7 cm³/mol. The molecule has 0 aliphatic heterocycles. The van der Waals surface area contributed by atoms with E-state index in [9.17, 15) is 4.39 Å². The summed E-state index contributed by atoms with van der Waals surface area (Å²) in [6.45, 7) is 2.15. The van der Waals surface area contributed by atoms with Gasteiger partial charge in [0, 0.05) is 12.1 Å². The van der Waals surface area contributed by atoms with E-state index in [1.54, 1.807) is 6.07 Å². The number of halogens is 1. The molecule has 2 bridgehead atoms. The smallest absolute Gasteiger partial charge is 0.165 e. The van der Waals surface area contributed by atoms with Crippen LogP contribution in [0.3, 0.4) is 0 Å². The number of fused-ring (bicyclic) bond motifs is 2. The van der Waals surface area contributed by atoms with Crippen LogP contribution in [0.2, 0.25) is 0 Å². The zero-order valence-electron chi connectivity index (χ0n) is 11.7. The van der Waals surface area contributed by atoms with Crippen molar-refractivity contribution in [2.45, 2.75) is 44.7 Å². The van der Waals surface area contributed by atoms with Crippen LogP contribution in [-0.2, 0) is 0 Å². The molecule has 0 spiro atoms. The number of ether oxygens (including phenoxy) is 1. The minimum absolute atomic E-state index is 0.249. The third-order valence-corrected chi connectivity index (χ3v) is 4.88. The van der Waals surface area contributed by atoms with Gasteiger partial charge >= 0.3 is 0 Å².